The van der Waals surface area contributed by atoms with E-state index < -0.39 is 41.2 Å². The van der Waals surface area contributed by atoms with Gasteiger partial charge in [0, 0.05) is 16.8 Å². The standard InChI is InChI=1S/C24H22F2N2O7/c1-13-18(22(29)35-21(23(30)33-3)15-9-5-4-6-10-15)19(20(28(31)32)14(2)27-13)16-11-7-8-12-17(16)34-24(25)26/h4-12,19,21,24,27H,1-3H3. The van der Waals surface area contributed by atoms with Crippen LogP contribution >= 0.6 is 0 Å². The van der Waals surface area contributed by atoms with Crippen LogP contribution in [0, 0.1) is 10.1 Å². The van der Waals surface area contributed by atoms with Crippen molar-refractivity contribution in [2.24, 2.45) is 0 Å². The molecule has 184 valence electrons. The van der Waals surface area contributed by atoms with Crippen molar-refractivity contribution in [1.29, 1.82) is 0 Å². The van der Waals surface area contributed by atoms with Crippen molar-refractivity contribution in [2.45, 2.75) is 32.5 Å². The third-order valence-corrected chi connectivity index (χ3v) is 5.33. The first-order valence-electron chi connectivity index (χ1n) is 10.4. The number of hydrogen-bond donors (Lipinski definition) is 1. The number of hydrogen-bond acceptors (Lipinski definition) is 8. The highest BCUT2D eigenvalue weighted by Crippen LogP contribution is 2.43. The Morgan fingerprint density at radius 1 is 1.03 bits per heavy atom. The fraction of sp³-hybridized carbons (Fsp3) is 0.250. The summed E-state index contributed by atoms with van der Waals surface area (Å²) in [7, 11) is 1.12. The van der Waals surface area contributed by atoms with Gasteiger partial charge in [0.2, 0.25) is 6.10 Å². The van der Waals surface area contributed by atoms with Gasteiger partial charge in [-0.05, 0) is 19.9 Å². The van der Waals surface area contributed by atoms with Gasteiger partial charge in [0.25, 0.3) is 5.70 Å². The van der Waals surface area contributed by atoms with E-state index in [2.05, 4.69) is 10.1 Å². The molecule has 0 aromatic heterocycles. The maximum atomic E-state index is 13.4. The molecule has 0 bridgehead atoms. The van der Waals surface area contributed by atoms with Gasteiger partial charge in [0.15, 0.2) is 0 Å². The second-order valence-electron chi connectivity index (χ2n) is 7.50. The summed E-state index contributed by atoms with van der Waals surface area (Å²) in [6.07, 6.45) is -1.46. The first kappa shape index (κ1) is 25.3. The number of nitrogens with one attached hydrogen (secondary N) is 1. The van der Waals surface area contributed by atoms with Gasteiger partial charge in [0.05, 0.1) is 23.3 Å². The molecule has 0 radical (unpaired) electrons. The molecule has 0 fully saturated rings. The number of ether oxygens (including phenoxy) is 3. The number of nitrogens with zero attached hydrogens (tertiary/aromatic N) is 1. The molecule has 0 saturated heterocycles. The Labute approximate surface area is 199 Å². The van der Waals surface area contributed by atoms with Gasteiger partial charge in [-0.15, -0.1) is 0 Å². The van der Waals surface area contributed by atoms with Crippen molar-refractivity contribution < 1.29 is 37.5 Å². The van der Waals surface area contributed by atoms with E-state index in [4.69, 9.17) is 9.47 Å². The van der Waals surface area contributed by atoms with Gasteiger partial charge < -0.3 is 19.5 Å². The summed E-state index contributed by atoms with van der Waals surface area (Å²) in [6, 6.07) is 13.5. The summed E-state index contributed by atoms with van der Waals surface area (Å²) in [5.74, 6) is -3.71. The number of para-hydroxylation sites is 1. The van der Waals surface area contributed by atoms with Crippen LogP contribution in [-0.2, 0) is 19.1 Å². The van der Waals surface area contributed by atoms with Crippen LogP contribution in [0.15, 0.2) is 77.3 Å². The van der Waals surface area contributed by atoms with Crippen molar-refractivity contribution in [3.05, 3.63) is 98.5 Å². The molecule has 0 amide bonds. The van der Waals surface area contributed by atoms with Gasteiger partial charge in [-0.2, -0.15) is 8.78 Å². The average molecular weight is 488 g/mol. The molecule has 2 aromatic rings. The highest BCUT2D eigenvalue weighted by atomic mass is 19.3. The molecule has 2 aromatic carbocycles. The predicted molar refractivity (Wildman–Crippen MR) is 119 cm³/mol. The topological polar surface area (TPSA) is 117 Å². The van der Waals surface area contributed by atoms with E-state index >= 15 is 0 Å². The highest BCUT2D eigenvalue weighted by Gasteiger charge is 2.43. The van der Waals surface area contributed by atoms with E-state index in [-0.39, 0.29) is 28.3 Å². The van der Waals surface area contributed by atoms with Crippen molar-refractivity contribution >= 4 is 11.9 Å². The van der Waals surface area contributed by atoms with E-state index in [9.17, 15) is 28.5 Å². The Morgan fingerprint density at radius 3 is 2.26 bits per heavy atom. The third kappa shape index (κ3) is 5.45. The number of rotatable bonds is 8. The fourth-order valence-electron chi connectivity index (χ4n) is 3.88. The van der Waals surface area contributed by atoms with E-state index in [1.165, 1.54) is 38.1 Å². The molecule has 3 rings (SSSR count). The van der Waals surface area contributed by atoms with Crippen LogP contribution in [0.2, 0.25) is 0 Å². The Balaban J connectivity index is 2.13. The van der Waals surface area contributed by atoms with Crippen LogP contribution in [-0.4, -0.2) is 30.6 Å². The Morgan fingerprint density at radius 2 is 1.66 bits per heavy atom. The summed E-state index contributed by atoms with van der Waals surface area (Å²) in [4.78, 5) is 37.2. The average Bonchev–Trinajstić information content (AvgIpc) is 2.81. The van der Waals surface area contributed by atoms with E-state index in [1.54, 1.807) is 30.3 Å². The van der Waals surface area contributed by atoms with Crippen LogP contribution in [0.4, 0.5) is 8.78 Å². The number of dihydropyridines is 1. The second-order valence-corrected chi connectivity index (χ2v) is 7.50. The third-order valence-electron chi connectivity index (χ3n) is 5.33. The van der Waals surface area contributed by atoms with Crippen LogP contribution < -0.4 is 10.1 Å². The summed E-state index contributed by atoms with van der Waals surface area (Å²) in [6.45, 7) is -0.297. The zero-order valence-corrected chi connectivity index (χ0v) is 19.0. The highest BCUT2D eigenvalue weighted by molar-refractivity contribution is 5.94. The molecule has 2 atom stereocenters. The normalized spacial score (nSPS) is 16.5. The SMILES string of the molecule is COC(=O)C(OC(=O)C1=C(C)NC(C)=C([N+](=O)[O-])C1c1ccccc1OC(F)F)c1ccccc1. The number of nitro groups is 1. The number of carbonyl (C=O) groups excluding carboxylic acids is 2. The molecule has 1 heterocycles. The molecule has 0 saturated carbocycles. The molecular formula is C24H22F2N2O7. The molecule has 9 nitrogen and oxygen atoms in total. The quantitative estimate of drug-likeness (QED) is 0.334. The number of benzene rings is 2. The lowest BCUT2D eigenvalue weighted by Crippen LogP contribution is -2.33. The Hall–Kier alpha value is -4.28. The molecule has 0 aliphatic carbocycles. The number of methoxy groups -OCH3 is 1. The number of esters is 2. The Kier molecular flexibility index (Phi) is 7.80. The summed E-state index contributed by atoms with van der Waals surface area (Å²) in [5.41, 5.74) is -0.130. The summed E-state index contributed by atoms with van der Waals surface area (Å²) in [5, 5.41) is 14.8. The zero-order chi connectivity index (χ0) is 25.7. The minimum atomic E-state index is -3.20. The van der Waals surface area contributed by atoms with Crippen LogP contribution in [0.5, 0.6) is 5.75 Å². The monoisotopic (exact) mass is 488 g/mol. The van der Waals surface area contributed by atoms with Crippen molar-refractivity contribution in [1.82, 2.24) is 5.32 Å². The molecular weight excluding hydrogens is 466 g/mol. The summed E-state index contributed by atoms with van der Waals surface area (Å²) < 4.78 is 41.0. The minimum Gasteiger partial charge on any atom is -0.466 e. The lowest BCUT2D eigenvalue weighted by molar-refractivity contribution is -0.431. The van der Waals surface area contributed by atoms with E-state index in [0.29, 0.717) is 5.56 Å². The fourth-order valence-corrected chi connectivity index (χ4v) is 3.88. The molecule has 11 heteroatoms. The predicted octanol–water partition coefficient (Wildman–Crippen LogP) is 4.21. The van der Waals surface area contributed by atoms with Crippen molar-refractivity contribution in [3.63, 3.8) is 0 Å². The van der Waals surface area contributed by atoms with Gasteiger partial charge in [0.1, 0.15) is 11.7 Å². The van der Waals surface area contributed by atoms with Crippen LogP contribution in [0.25, 0.3) is 0 Å². The van der Waals surface area contributed by atoms with E-state index in [1.807, 2.05) is 0 Å². The van der Waals surface area contributed by atoms with Gasteiger partial charge in [-0.25, -0.2) is 9.59 Å². The second kappa shape index (κ2) is 10.8. The molecule has 0 spiro atoms. The number of halogens is 2. The van der Waals surface area contributed by atoms with Gasteiger partial charge >= 0.3 is 18.6 Å². The van der Waals surface area contributed by atoms with Crippen LogP contribution in [0.3, 0.4) is 0 Å². The number of allylic oxidation sites excluding steroid dienone is 3. The lowest BCUT2D eigenvalue weighted by atomic mass is 9.83. The number of alkyl halides is 2. The first-order chi connectivity index (χ1) is 16.6. The molecule has 2 unspecified atom stereocenters. The molecule has 35 heavy (non-hydrogen) atoms. The first-order valence-corrected chi connectivity index (χ1v) is 10.4. The maximum absolute atomic E-state index is 13.4. The van der Waals surface area contributed by atoms with Gasteiger partial charge in [-0.3, -0.25) is 10.1 Å². The zero-order valence-electron chi connectivity index (χ0n) is 19.0. The van der Waals surface area contributed by atoms with Crippen LogP contribution in [0.1, 0.15) is 37.0 Å². The maximum Gasteiger partial charge on any atom is 0.387 e. The lowest BCUT2D eigenvalue weighted by Gasteiger charge is -2.28. The number of carbonyl (C=O) groups is 2. The summed E-state index contributed by atoms with van der Waals surface area (Å²) >= 11 is 0. The van der Waals surface area contributed by atoms with Crippen molar-refractivity contribution in [2.75, 3.05) is 7.11 Å². The smallest absolute Gasteiger partial charge is 0.387 e. The molecule has 1 N–H and O–H groups in total. The Bertz CT molecular complexity index is 1200. The molecule has 1 aliphatic heterocycles. The van der Waals surface area contributed by atoms with E-state index in [0.717, 1.165) is 7.11 Å². The van der Waals surface area contributed by atoms with Crippen molar-refractivity contribution in [3.8, 4) is 5.75 Å². The van der Waals surface area contributed by atoms with Gasteiger partial charge in [-0.1, -0.05) is 48.5 Å². The molecule has 1 aliphatic rings. The minimum absolute atomic E-state index is 0.0408. The largest absolute Gasteiger partial charge is 0.466 e.